The largest absolute Gasteiger partial charge is 0.497 e. The van der Waals surface area contributed by atoms with Crippen LogP contribution in [0.25, 0.3) is 6.08 Å². The molecule has 2 aromatic rings. The molecule has 1 aliphatic heterocycles. The van der Waals surface area contributed by atoms with Gasteiger partial charge in [0.2, 0.25) is 0 Å². The van der Waals surface area contributed by atoms with Gasteiger partial charge >= 0.3 is 0 Å². The van der Waals surface area contributed by atoms with Crippen LogP contribution in [0.5, 0.6) is 5.75 Å². The molecule has 0 atom stereocenters. The van der Waals surface area contributed by atoms with E-state index in [-0.39, 0.29) is 5.91 Å². The molecule has 116 valence electrons. The zero-order chi connectivity index (χ0) is 16.1. The van der Waals surface area contributed by atoms with E-state index in [1.807, 2.05) is 42.5 Å². The van der Waals surface area contributed by atoms with Gasteiger partial charge in [-0.2, -0.15) is 0 Å². The van der Waals surface area contributed by atoms with Crippen molar-refractivity contribution in [2.75, 3.05) is 7.11 Å². The Labute approximate surface area is 134 Å². The number of rotatable bonds is 5. The van der Waals surface area contributed by atoms with Crippen molar-refractivity contribution >= 4 is 17.8 Å². The van der Waals surface area contributed by atoms with Crippen molar-refractivity contribution in [1.82, 2.24) is 10.3 Å². The number of aliphatic imine (C=N–C) groups is 1. The molecular weight excluding hydrogens is 290 g/mol. The van der Waals surface area contributed by atoms with Gasteiger partial charge in [0, 0.05) is 12.6 Å². The number of nitrogens with zero attached hydrogens (tertiary/aromatic N) is 2. The van der Waals surface area contributed by atoms with E-state index >= 15 is 0 Å². The SMILES string of the molecule is COc1ccc(CCC2=N/C(=C/c3ccccn3)C(=O)N2)cc1. The Morgan fingerprint density at radius 2 is 1.96 bits per heavy atom. The van der Waals surface area contributed by atoms with E-state index in [4.69, 9.17) is 4.74 Å². The van der Waals surface area contributed by atoms with Crippen LogP contribution in [0.3, 0.4) is 0 Å². The fourth-order valence-electron chi connectivity index (χ4n) is 2.29. The lowest BCUT2D eigenvalue weighted by atomic mass is 10.1. The number of carbonyl (C=O) groups excluding carboxylic acids is 1. The molecule has 0 saturated carbocycles. The Morgan fingerprint density at radius 3 is 2.65 bits per heavy atom. The number of hydrogen-bond donors (Lipinski definition) is 1. The van der Waals surface area contributed by atoms with Crippen LogP contribution in [0.1, 0.15) is 17.7 Å². The van der Waals surface area contributed by atoms with Crippen LogP contribution in [0, 0.1) is 0 Å². The predicted octanol–water partition coefficient (Wildman–Crippen LogP) is 2.59. The highest BCUT2D eigenvalue weighted by molar-refractivity contribution is 6.14. The van der Waals surface area contributed by atoms with E-state index in [1.165, 1.54) is 5.56 Å². The Bertz CT molecular complexity index is 750. The summed E-state index contributed by atoms with van der Waals surface area (Å²) in [5.74, 6) is 1.34. The summed E-state index contributed by atoms with van der Waals surface area (Å²) in [4.78, 5) is 20.5. The predicted molar refractivity (Wildman–Crippen MR) is 89.1 cm³/mol. The minimum absolute atomic E-state index is 0.180. The Balaban J connectivity index is 1.65. The van der Waals surface area contributed by atoms with Gasteiger partial charge in [-0.05, 0) is 42.3 Å². The van der Waals surface area contributed by atoms with Crippen molar-refractivity contribution < 1.29 is 9.53 Å². The van der Waals surface area contributed by atoms with Crippen LogP contribution in [-0.2, 0) is 11.2 Å². The summed E-state index contributed by atoms with van der Waals surface area (Å²) >= 11 is 0. The standard InChI is InChI=1S/C18H17N3O2/c1-23-15-8-5-13(6-9-15)7-10-17-20-16(18(22)21-17)12-14-4-2-3-11-19-14/h2-6,8-9,11-12H,7,10H2,1H3,(H,20,21,22)/b16-12+. The lowest BCUT2D eigenvalue weighted by Gasteiger charge is -2.03. The lowest BCUT2D eigenvalue weighted by molar-refractivity contribution is -0.115. The van der Waals surface area contributed by atoms with E-state index in [9.17, 15) is 4.79 Å². The third-order valence-corrected chi connectivity index (χ3v) is 3.53. The summed E-state index contributed by atoms with van der Waals surface area (Å²) in [5, 5.41) is 2.81. The normalized spacial score (nSPS) is 15.4. The minimum Gasteiger partial charge on any atom is -0.497 e. The molecule has 1 aromatic heterocycles. The first-order valence-electron chi connectivity index (χ1n) is 7.39. The number of aromatic nitrogens is 1. The monoisotopic (exact) mass is 307 g/mol. The first-order chi connectivity index (χ1) is 11.2. The van der Waals surface area contributed by atoms with Gasteiger partial charge in [-0.3, -0.25) is 9.78 Å². The maximum Gasteiger partial charge on any atom is 0.275 e. The van der Waals surface area contributed by atoms with Gasteiger partial charge in [-0.15, -0.1) is 0 Å². The van der Waals surface area contributed by atoms with Crippen LogP contribution in [0.4, 0.5) is 0 Å². The molecule has 0 saturated heterocycles. The maximum absolute atomic E-state index is 11.9. The molecule has 1 N–H and O–H groups in total. The quantitative estimate of drug-likeness (QED) is 0.864. The molecule has 3 rings (SSSR count). The van der Waals surface area contributed by atoms with Gasteiger partial charge in [0.05, 0.1) is 12.8 Å². The second-order valence-corrected chi connectivity index (χ2v) is 5.14. The lowest BCUT2D eigenvalue weighted by Crippen LogP contribution is -2.24. The molecule has 0 aliphatic carbocycles. The van der Waals surface area contributed by atoms with Crippen LogP contribution in [0.2, 0.25) is 0 Å². The van der Waals surface area contributed by atoms with Gasteiger partial charge in [0.25, 0.3) is 5.91 Å². The zero-order valence-corrected chi connectivity index (χ0v) is 12.8. The fraction of sp³-hybridized carbons (Fsp3) is 0.167. The number of methoxy groups -OCH3 is 1. The molecule has 0 bridgehead atoms. The molecule has 1 amide bonds. The highest BCUT2D eigenvalue weighted by atomic mass is 16.5. The van der Waals surface area contributed by atoms with Crippen molar-refractivity contribution in [3.05, 3.63) is 65.6 Å². The molecule has 1 aliphatic rings. The van der Waals surface area contributed by atoms with Gasteiger partial charge in [0.1, 0.15) is 17.3 Å². The third-order valence-electron chi connectivity index (χ3n) is 3.53. The second kappa shape index (κ2) is 6.87. The number of hydrogen-bond acceptors (Lipinski definition) is 4. The third kappa shape index (κ3) is 3.83. The number of ether oxygens (including phenoxy) is 1. The number of benzene rings is 1. The number of amidine groups is 1. The van der Waals surface area contributed by atoms with Crippen molar-refractivity contribution in [2.24, 2.45) is 4.99 Å². The molecule has 5 nitrogen and oxygen atoms in total. The van der Waals surface area contributed by atoms with Crippen LogP contribution in [-0.4, -0.2) is 23.8 Å². The molecule has 1 aromatic carbocycles. The number of pyridine rings is 1. The van der Waals surface area contributed by atoms with Crippen molar-refractivity contribution in [3.63, 3.8) is 0 Å². The number of carbonyl (C=O) groups is 1. The zero-order valence-electron chi connectivity index (χ0n) is 12.8. The van der Waals surface area contributed by atoms with E-state index in [1.54, 1.807) is 19.4 Å². The number of amides is 1. The van der Waals surface area contributed by atoms with E-state index in [2.05, 4.69) is 15.3 Å². The second-order valence-electron chi connectivity index (χ2n) is 5.14. The van der Waals surface area contributed by atoms with Crippen molar-refractivity contribution in [3.8, 4) is 5.75 Å². The summed E-state index contributed by atoms with van der Waals surface area (Å²) in [7, 11) is 1.65. The number of nitrogens with one attached hydrogen (secondary N) is 1. The van der Waals surface area contributed by atoms with Crippen molar-refractivity contribution in [1.29, 1.82) is 0 Å². The summed E-state index contributed by atoms with van der Waals surface area (Å²) in [6, 6.07) is 13.4. The molecule has 23 heavy (non-hydrogen) atoms. The van der Waals surface area contributed by atoms with Gasteiger partial charge < -0.3 is 10.1 Å². The van der Waals surface area contributed by atoms with Crippen molar-refractivity contribution in [2.45, 2.75) is 12.8 Å². The highest BCUT2D eigenvalue weighted by Gasteiger charge is 2.19. The summed E-state index contributed by atoms with van der Waals surface area (Å²) in [6.45, 7) is 0. The molecule has 0 radical (unpaired) electrons. The highest BCUT2D eigenvalue weighted by Crippen LogP contribution is 2.15. The molecule has 0 unspecified atom stereocenters. The molecule has 0 fully saturated rings. The Morgan fingerprint density at radius 1 is 1.13 bits per heavy atom. The smallest absolute Gasteiger partial charge is 0.275 e. The minimum atomic E-state index is -0.180. The van der Waals surface area contributed by atoms with Gasteiger partial charge in [0.15, 0.2) is 0 Å². The average molecular weight is 307 g/mol. The molecular formula is C18H17N3O2. The summed E-state index contributed by atoms with van der Waals surface area (Å²) < 4.78 is 5.14. The van der Waals surface area contributed by atoms with E-state index in [0.717, 1.165) is 17.9 Å². The first kappa shape index (κ1) is 15.0. The molecule has 2 heterocycles. The maximum atomic E-state index is 11.9. The first-order valence-corrected chi connectivity index (χ1v) is 7.39. The molecule has 5 heteroatoms. The number of aryl methyl sites for hydroxylation is 1. The van der Waals surface area contributed by atoms with Crippen LogP contribution >= 0.6 is 0 Å². The van der Waals surface area contributed by atoms with Gasteiger partial charge in [-0.1, -0.05) is 18.2 Å². The summed E-state index contributed by atoms with van der Waals surface area (Å²) in [6.07, 6.45) is 4.86. The van der Waals surface area contributed by atoms with Crippen LogP contribution < -0.4 is 10.1 Å². The Hall–Kier alpha value is -2.95. The Kier molecular flexibility index (Phi) is 4.47. The topological polar surface area (TPSA) is 63.6 Å². The van der Waals surface area contributed by atoms with E-state index in [0.29, 0.717) is 18.0 Å². The van der Waals surface area contributed by atoms with Gasteiger partial charge in [-0.25, -0.2) is 4.99 Å². The average Bonchev–Trinajstić information content (AvgIpc) is 2.94. The molecule has 0 spiro atoms. The fourth-order valence-corrected chi connectivity index (χ4v) is 2.29. The van der Waals surface area contributed by atoms with Crippen LogP contribution in [0.15, 0.2) is 59.4 Å². The van der Waals surface area contributed by atoms with E-state index < -0.39 is 0 Å². The summed E-state index contributed by atoms with van der Waals surface area (Å²) in [5.41, 5.74) is 2.29.